The van der Waals surface area contributed by atoms with Gasteiger partial charge in [0.25, 0.3) is 5.91 Å². The van der Waals surface area contributed by atoms with E-state index >= 15 is 0 Å². The number of hydrogen-bond donors (Lipinski definition) is 2. The summed E-state index contributed by atoms with van der Waals surface area (Å²) in [6.07, 6.45) is 2.33. The molecule has 2 N–H and O–H groups in total. The summed E-state index contributed by atoms with van der Waals surface area (Å²) in [5, 5.41) is 11.4. The highest BCUT2D eigenvalue weighted by Gasteiger charge is 2.25. The van der Waals surface area contributed by atoms with Crippen LogP contribution in [-0.4, -0.2) is 28.8 Å². The molecule has 0 aliphatic rings. The van der Waals surface area contributed by atoms with Gasteiger partial charge in [0.15, 0.2) is 0 Å². The van der Waals surface area contributed by atoms with Crippen LogP contribution < -0.4 is 5.32 Å². The Kier molecular flexibility index (Phi) is 7.93. The van der Waals surface area contributed by atoms with Gasteiger partial charge < -0.3 is 10.4 Å². The number of aliphatic carboxylic acids is 1. The molecule has 0 radical (unpaired) electrons. The summed E-state index contributed by atoms with van der Waals surface area (Å²) in [6.45, 7) is 3.37. The van der Waals surface area contributed by atoms with Gasteiger partial charge in [0.2, 0.25) is 5.78 Å². The zero-order chi connectivity index (χ0) is 20.5. The van der Waals surface area contributed by atoms with E-state index in [4.69, 9.17) is 5.11 Å². The summed E-state index contributed by atoms with van der Waals surface area (Å²) in [6, 6.07) is 17.4. The van der Waals surface area contributed by atoms with Crippen molar-refractivity contribution in [2.75, 3.05) is 0 Å². The van der Waals surface area contributed by atoms with Gasteiger partial charge in [-0.2, -0.15) is 0 Å². The molecule has 0 unspecified atom stereocenters. The first-order valence-corrected chi connectivity index (χ1v) is 9.59. The predicted molar refractivity (Wildman–Crippen MR) is 109 cm³/mol. The Balaban J connectivity index is 1.75. The Hall–Kier alpha value is -2.95. The van der Waals surface area contributed by atoms with Crippen LogP contribution in [0.2, 0.25) is 0 Å². The topological polar surface area (TPSA) is 83.5 Å². The van der Waals surface area contributed by atoms with E-state index in [0.29, 0.717) is 6.42 Å². The molecule has 5 heteroatoms. The zero-order valence-electron chi connectivity index (χ0n) is 16.4. The molecule has 1 atom stereocenters. The second kappa shape index (κ2) is 10.4. The van der Waals surface area contributed by atoms with Gasteiger partial charge in [-0.25, -0.2) is 4.79 Å². The number of hydrogen-bond acceptors (Lipinski definition) is 3. The molecule has 0 bridgehead atoms. The first kappa shape index (κ1) is 21.4. The lowest BCUT2D eigenvalue weighted by molar-refractivity contribution is -0.145. The fraction of sp³-hybridized carbons (Fsp3) is 0.348. The minimum atomic E-state index is -1.13. The Labute approximate surface area is 165 Å². The van der Waals surface area contributed by atoms with E-state index in [0.717, 1.165) is 18.4 Å². The number of aryl methyl sites for hydroxylation is 1. The summed E-state index contributed by atoms with van der Waals surface area (Å²) in [7, 11) is 0. The van der Waals surface area contributed by atoms with Crippen molar-refractivity contribution in [2.24, 2.45) is 5.92 Å². The number of nitrogens with one attached hydrogen (secondary N) is 1. The number of ketones is 1. The second-order valence-electron chi connectivity index (χ2n) is 7.23. The van der Waals surface area contributed by atoms with Crippen LogP contribution in [0.4, 0.5) is 0 Å². The molecular weight excluding hydrogens is 354 g/mol. The van der Waals surface area contributed by atoms with Gasteiger partial charge in [0.05, 0.1) is 0 Å². The molecule has 0 aromatic heterocycles. The predicted octanol–water partition coefficient (Wildman–Crippen LogP) is 3.86. The highest BCUT2D eigenvalue weighted by Crippen LogP contribution is 2.20. The SMILES string of the molecule is CC(C)[C@H](NC(=O)C(=O)CCCCc1ccc(-c2ccccc2)cc1)C(=O)O. The first-order valence-electron chi connectivity index (χ1n) is 9.59. The van der Waals surface area contributed by atoms with E-state index in [1.54, 1.807) is 13.8 Å². The lowest BCUT2D eigenvalue weighted by atomic mass is 10.0. The normalized spacial score (nSPS) is 11.8. The van der Waals surface area contributed by atoms with Crippen LogP contribution >= 0.6 is 0 Å². The summed E-state index contributed by atoms with van der Waals surface area (Å²) in [4.78, 5) is 34.9. The van der Waals surface area contributed by atoms with Crippen molar-refractivity contribution in [2.45, 2.75) is 45.6 Å². The minimum Gasteiger partial charge on any atom is -0.480 e. The second-order valence-corrected chi connectivity index (χ2v) is 7.23. The third kappa shape index (κ3) is 6.34. The molecule has 0 aliphatic carbocycles. The number of carboxylic acids is 1. The standard InChI is InChI=1S/C23H27NO4/c1-16(2)21(23(27)28)24-22(26)20(25)11-7-6-8-17-12-14-19(15-13-17)18-9-4-3-5-10-18/h3-5,9-10,12-16,21H,6-8,11H2,1-2H3,(H,24,26)(H,27,28)/t21-/m0/s1. The van der Waals surface area contributed by atoms with E-state index in [1.165, 1.54) is 11.1 Å². The molecular formula is C23H27NO4. The highest BCUT2D eigenvalue weighted by atomic mass is 16.4. The largest absolute Gasteiger partial charge is 0.480 e. The molecule has 1 amide bonds. The van der Waals surface area contributed by atoms with E-state index in [1.807, 2.05) is 18.2 Å². The van der Waals surface area contributed by atoms with E-state index < -0.39 is 23.7 Å². The fourth-order valence-corrected chi connectivity index (χ4v) is 2.96. The van der Waals surface area contributed by atoms with Crippen molar-refractivity contribution in [1.82, 2.24) is 5.32 Å². The number of unbranched alkanes of at least 4 members (excludes halogenated alkanes) is 1. The Morgan fingerprint density at radius 3 is 2.07 bits per heavy atom. The van der Waals surface area contributed by atoms with Crippen molar-refractivity contribution in [3.8, 4) is 11.1 Å². The van der Waals surface area contributed by atoms with Crippen molar-refractivity contribution in [3.63, 3.8) is 0 Å². The zero-order valence-corrected chi connectivity index (χ0v) is 16.4. The smallest absolute Gasteiger partial charge is 0.326 e. The summed E-state index contributed by atoms with van der Waals surface area (Å²) in [5.41, 5.74) is 3.52. The number of carboxylic acid groups (broad SMARTS) is 1. The van der Waals surface area contributed by atoms with Crippen LogP contribution in [0.25, 0.3) is 11.1 Å². The number of rotatable bonds is 10. The molecule has 0 saturated heterocycles. The maximum atomic E-state index is 11.9. The first-order chi connectivity index (χ1) is 13.4. The minimum absolute atomic E-state index is 0.123. The van der Waals surface area contributed by atoms with Crippen LogP contribution in [-0.2, 0) is 20.8 Å². The quantitative estimate of drug-likeness (QED) is 0.483. The number of benzene rings is 2. The lowest BCUT2D eigenvalue weighted by Gasteiger charge is -2.17. The average molecular weight is 381 g/mol. The summed E-state index contributed by atoms with van der Waals surface area (Å²) in [5.74, 6) is -2.79. The third-order valence-corrected chi connectivity index (χ3v) is 4.65. The molecule has 5 nitrogen and oxygen atoms in total. The van der Waals surface area contributed by atoms with Crippen LogP contribution in [0.3, 0.4) is 0 Å². The molecule has 0 heterocycles. The fourth-order valence-electron chi connectivity index (χ4n) is 2.96. The molecule has 28 heavy (non-hydrogen) atoms. The van der Waals surface area contributed by atoms with Gasteiger partial charge in [-0.3, -0.25) is 9.59 Å². The molecule has 0 spiro atoms. The maximum absolute atomic E-state index is 11.9. The Bertz CT molecular complexity index is 797. The molecule has 0 saturated carbocycles. The van der Waals surface area contributed by atoms with Gasteiger partial charge in [0.1, 0.15) is 6.04 Å². The average Bonchev–Trinajstić information content (AvgIpc) is 2.69. The van der Waals surface area contributed by atoms with Crippen molar-refractivity contribution >= 4 is 17.7 Å². The monoisotopic (exact) mass is 381 g/mol. The number of Topliss-reactive ketones (excluding diaryl/α,β-unsaturated/α-hetero) is 1. The number of carbonyl (C=O) groups is 3. The van der Waals surface area contributed by atoms with Gasteiger partial charge in [0, 0.05) is 6.42 Å². The van der Waals surface area contributed by atoms with Crippen molar-refractivity contribution < 1.29 is 19.5 Å². The van der Waals surface area contributed by atoms with E-state index in [9.17, 15) is 14.4 Å². The molecule has 2 aromatic carbocycles. The van der Waals surface area contributed by atoms with Gasteiger partial charge in [-0.1, -0.05) is 68.4 Å². The number of carbonyl (C=O) groups excluding carboxylic acids is 2. The van der Waals surface area contributed by atoms with Gasteiger partial charge in [-0.05, 0) is 41.9 Å². The van der Waals surface area contributed by atoms with Crippen LogP contribution in [0, 0.1) is 5.92 Å². The number of amides is 1. The highest BCUT2D eigenvalue weighted by molar-refractivity contribution is 6.36. The summed E-state index contributed by atoms with van der Waals surface area (Å²) >= 11 is 0. The van der Waals surface area contributed by atoms with Crippen molar-refractivity contribution in [3.05, 3.63) is 60.2 Å². The van der Waals surface area contributed by atoms with Crippen LogP contribution in [0.1, 0.15) is 38.7 Å². The lowest BCUT2D eigenvalue weighted by Crippen LogP contribution is -2.46. The molecule has 0 fully saturated rings. The van der Waals surface area contributed by atoms with Crippen LogP contribution in [0.15, 0.2) is 54.6 Å². The maximum Gasteiger partial charge on any atom is 0.326 e. The molecule has 148 valence electrons. The van der Waals surface area contributed by atoms with Gasteiger partial charge in [-0.15, -0.1) is 0 Å². The van der Waals surface area contributed by atoms with Gasteiger partial charge >= 0.3 is 5.97 Å². The Morgan fingerprint density at radius 2 is 1.50 bits per heavy atom. The third-order valence-electron chi connectivity index (χ3n) is 4.65. The molecule has 2 aromatic rings. The summed E-state index contributed by atoms with van der Waals surface area (Å²) < 4.78 is 0. The van der Waals surface area contributed by atoms with E-state index in [-0.39, 0.29) is 12.3 Å². The molecule has 2 rings (SSSR count). The molecule has 0 aliphatic heterocycles. The van der Waals surface area contributed by atoms with E-state index in [2.05, 4.69) is 41.7 Å². The van der Waals surface area contributed by atoms with Crippen LogP contribution in [0.5, 0.6) is 0 Å². The van der Waals surface area contributed by atoms with Crippen molar-refractivity contribution in [1.29, 1.82) is 0 Å². The Morgan fingerprint density at radius 1 is 0.893 bits per heavy atom.